The van der Waals surface area contributed by atoms with Crippen molar-refractivity contribution in [1.82, 2.24) is 4.72 Å². The van der Waals surface area contributed by atoms with Crippen LogP contribution in [0.1, 0.15) is 13.8 Å². The summed E-state index contributed by atoms with van der Waals surface area (Å²) in [5, 5.41) is 2.79. The topological polar surface area (TPSA) is 103 Å². The van der Waals surface area contributed by atoms with Crippen LogP contribution in [0.25, 0.3) is 0 Å². The molecule has 0 aliphatic heterocycles. The first-order valence-corrected chi connectivity index (χ1v) is 10.6. The molecule has 2 aromatic rings. The lowest BCUT2D eigenvalue weighted by molar-refractivity contribution is -0.117. The molecular formula is C19H23ClN2O6S. The molecule has 1 atom stereocenters. The minimum atomic E-state index is -3.98. The normalized spacial score (nSPS) is 12.2. The Labute approximate surface area is 175 Å². The van der Waals surface area contributed by atoms with E-state index in [0.29, 0.717) is 29.5 Å². The minimum absolute atomic E-state index is 0.0763. The molecule has 2 rings (SSSR count). The number of sulfonamides is 1. The molecule has 0 bridgehead atoms. The zero-order valence-electron chi connectivity index (χ0n) is 16.5. The summed E-state index contributed by atoms with van der Waals surface area (Å²) in [5.41, 5.74) is 0.383. The van der Waals surface area contributed by atoms with Crippen molar-refractivity contribution in [1.29, 1.82) is 0 Å². The fourth-order valence-electron chi connectivity index (χ4n) is 2.42. The second kappa shape index (κ2) is 9.82. The molecule has 29 heavy (non-hydrogen) atoms. The van der Waals surface area contributed by atoms with Crippen LogP contribution in [0.4, 0.5) is 5.69 Å². The molecule has 0 radical (unpaired) electrons. The van der Waals surface area contributed by atoms with Gasteiger partial charge in [0.15, 0.2) is 0 Å². The van der Waals surface area contributed by atoms with Crippen LogP contribution in [0.15, 0.2) is 41.3 Å². The maximum absolute atomic E-state index is 12.6. The van der Waals surface area contributed by atoms with Crippen LogP contribution in [0.5, 0.6) is 17.2 Å². The monoisotopic (exact) mass is 442 g/mol. The van der Waals surface area contributed by atoms with Gasteiger partial charge < -0.3 is 19.5 Å². The highest BCUT2D eigenvalue weighted by Gasteiger charge is 2.23. The standard InChI is InChI=1S/C19H23ClN2O6S/c1-5-28-17-9-7-14(11-15(17)20)29(24,25)22-12(2)19(23)21-16-8-6-13(26-3)10-18(16)27-4/h6-12,22H,5H2,1-4H3,(H,21,23)/t12-/m0/s1. The van der Waals surface area contributed by atoms with E-state index in [1.807, 2.05) is 0 Å². The van der Waals surface area contributed by atoms with E-state index in [1.54, 1.807) is 25.1 Å². The van der Waals surface area contributed by atoms with E-state index in [9.17, 15) is 13.2 Å². The Hall–Kier alpha value is -2.49. The van der Waals surface area contributed by atoms with Crippen LogP contribution in [0, 0.1) is 0 Å². The van der Waals surface area contributed by atoms with Gasteiger partial charge in [0.2, 0.25) is 15.9 Å². The number of halogens is 1. The average molecular weight is 443 g/mol. The van der Waals surface area contributed by atoms with Crippen molar-refractivity contribution < 1.29 is 27.4 Å². The molecule has 0 saturated carbocycles. The van der Waals surface area contributed by atoms with Gasteiger partial charge in [-0.1, -0.05) is 11.6 Å². The number of hydrogen-bond donors (Lipinski definition) is 2. The van der Waals surface area contributed by atoms with Crippen LogP contribution in [-0.2, 0) is 14.8 Å². The number of rotatable bonds is 9. The van der Waals surface area contributed by atoms with E-state index >= 15 is 0 Å². The highest BCUT2D eigenvalue weighted by Crippen LogP contribution is 2.29. The molecule has 0 unspecified atom stereocenters. The number of anilines is 1. The number of carbonyl (C=O) groups is 1. The number of carbonyl (C=O) groups excluding carboxylic acids is 1. The van der Waals surface area contributed by atoms with Gasteiger partial charge in [0.1, 0.15) is 17.2 Å². The van der Waals surface area contributed by atoms with Gasteiger partial charge in [0.05, 0.1) is 42.5 Å². The van der Waals surface area contributed by atoms with Crippen molar-refractivity contribution in [2.75, 3.05) is 26.1 Å². The van der Waals surface area contributed by atoms with Crippen molar-refractivity contribution in [3.63, 3.8) is 0 Å². The fraction of sp³-hybridized carbons (Fsp3) is 0.316. The van der Waals surface area contributed by atoms with Gasteiger partial charge in [-0.05, 0) is 44.2 Å². The molecule has 2 aromatic carbocycles. The molecule has 0 saturated heterocycles. The molecule has 0 aromatic heterocycles. The second-order valence-corrected chi connectivity index (χ2v) is 8.04. The Balaban J connectivity index is 2.13. The number of benzene rings is 2. The Kier molecular flexibility index (Phi) is 7.72. The first-order chi connectivity index (χ1) is 13.7. The highest BCUT2D eigenvalue weighted by atomic mass is 35.5. The zero-order chi connectivity index (χ0) is 21.6. The van der Waals surface area contributed by atoms with Crippen molar-refractivity contribution in [3.05, 3.63) is 41.4 Å². The maximum atomic E-state index is 12.6. The van der Waals surface area contributed by atoms with E-state index in [2.05, 4.69) is 10.0 Å². The quantitative estimate of drug-likeness (QED) is 0.618. The van der Waals surface area contributed by atoms with E-state index in [0.717, 1.165) is 0 Å². The van der Waals surface area contributed by atoms with Crippen LogP contribution < -0.4 is 24.2 Å². The van der Waals surface area contributed by atoms with Crippen molar-refractivity contribution in [2.45, 2.75) is 24.8 Å². The fourth-order valence-corrected chi connectivity index (χ4v) is 3.95. The van der Waals surface area contributed by atoms with E-state index < -0.39 is 22.0 Å². The number of hydrogen-bond acceptors (Lipinski definition) is 6. The molecule has 2 N–H and O–H groups in total. The summed E-state index contributed by atoms with van der Waals surface area (Å²) in [6, 6.07) is 7.89. The summed E-state index contributed by atoms with van der Waals surface area (Å²) in [7, 11) is -1.02. The molecular weight excluding hydrogens is 420 g/mol. The predicted molar refractivity (Wildman–Crippen MR) is 111 cm³/mol. The number of methoxy groups -OCH3 is 2. The molecule has 0 fully saturated rings. The first kappa shape index (κ1) is 22.8. The van der Waals surface area contributed by atoms with Crippen LogP contribution in [0.3, 0.4) is 0 Å². The van der Waals surface area contributed by atoms with Gasteiger partial charge in [-0.3, -0.25) is 4.79 Å². The molecule has 158 valence electrons. The third-order valence-corrected chi connectivity index (χ3v) is 5.74. The molecule has 0 aliphatic rings. The van der Waals surface area contributed by atoms with Crippen LogP contribution >= 0.6 is 11.6 Å². The van der Waals surface area contributed by atoms with Gasteiger partial charge in [-0.2, -0.15) is 4.72 Å². The van der Waals surface area contributed by atoms with Gasteiger partial charge in [-0.25, -0.2) is 8.42 Å². The number of nitrogens with one attached hydrogen (secondary N) is 2. The largest absolute Gasteiger partial charge is 0.497 e. The van der Waals surface area contributed by atoms with E-state index in [4.69, 9.17) is 25.8 Å². The molecule has 1 amide bonds. The van der Waals surface area contributed by atoms with Gasteiger partial charge >= 0.3 is 0 Å². The Morgan fingerprint density at radius 1 is 1.10 bits per heavy atom. The van der Waals surface area contributed by atoms with Crippen molar-refractivity contribution >= 4 is 33.2 Å². The summed E-state index contributed by atoms with van der Waals surface area (Å²) >= 11 is 6.06. The lowest BCUT2D eigenvalue weighted by atomic mass is 10.2. The van der Waals surface area contributed by atoms with Gasteiger partial charge in [0.25, 0.3) is 0 Å². The smallest absolute Gasteiger partial charge is 0.242 e. The number of ether oxygens (including phenoxy) is 3. The van der Waals surface area contributed by atoms with Crippen LogP contribution in [0.2, 0.25) is 5.02 Å². The number of amides is 1. The zero-order valence-corrected chi connectivity index (χ0v) is 18.1. The summed E-state index contributed by atoms with van der Waals surface area (Å²) in [6.07, 6.45) is 0. The van der Waals surface area contributed by atoms with Gasteiger partial charge in [-0.15, -0.1) is 0 Å². The Morgan fingerprint density at radius 3 is 2.41 bits per heavy atom. The lowest BCUT2D eigenvalue weighted by Crippen LogP contribution is -2.41. The highest BCUT2D eigenvalue weighted by molar-refractivity contribution is 7.89. The van der Waals surface area contributed by atoms with Crippen molar-refractivity contribution in [3.8, 4) is 17.2 Å². The summed E-state index contributed by atoms with van der Waals surface area (Å²) in [4.78, 5) is 12.4. The molecule has 8 nitrogen and oxygen atoms in total. The third-order valence-electron chi connectivity index (χ3n) is 3.91. The Morgan fingerprint density at radius 2 is 1.83 bits per heavy atom. The second-order valence-electron chi connectivity index (χ2n) is 5.92. The maximum Gasteiger partial charge on any atom is 0.242 e. The average Bonchev–Trinajstić information content (AvgIpc) is 2.69. The minimum Gasteiger partial charge on any atom is -0.497 e. The molecule has 0 spiro atoms. The van der Waals surface area contributed by atoms with Gasteiger partial charge in [0, 0.05) is 6.07 Å². The SMILES string of the molecule is CCOc1ccc(S(=O)(=O)N[C@@H](C)C(=O)Nc2ccc(OC)cc2OC)cc1Cl. The molecule has 0 heterocycles. The molecule has 10 heteroatoms. The van der Waals surface area contributed by atoms with Crippen molar-refractivity contribution in [2.24, 2.45) is 0 Å². The summed E-state index contributed by atoms with van der Waals surface area (Å²) in [5.74, 6) is 0.756. The lowest BCUT2D eigenvalue weighted by Gasteiger charge is -2.17. The summed E-state index contributed by atoms with van der Waals surface area (Å²) in [6.45, 7) is 3.62. The Bertz CT molecular complexity index is 981. The van der Waals surface area contributed by atoms with E-state index in [-0.39, 0.29) is 9.92 Å². The third kappa shape index (κ3) is 5.75. The molecule has 0 aliphatic carbocycles. The predicted octanol–water partition coefficient (Wildman–Crippen LogP) is 3.06. The summed E-state index contributed by atoms with van der Waals surface area (Å²) < 4.78 is 43.1. The first-order valence-electron chi connectivity index (χ1n) is 8.69. The van der Waals surface area contributed by atoms with E-state index in [1.165, 1.54) is 39.3 Å². The van der Waals surface area contributed by atoms with Crippen LogP contribution in [-0.4, -0.2) is 41.2 Å².